The first-order valence-electron chi connectivity index (χ1n) is 5.06. The van der Waals surface area contributed by atoms with E-state index in [1.54, 1.807) is 0 Å². The van der Waals surface area contributed by atoms with Crippen molar-refractivity contribution in [2.24, 2.45) is 0 Å². The van der Waals surface area contributed by atoms with Gasteiger partial charge >= 0.3 is 0 Å². The average Bonchev–Trinajstić information content (AvgIpc) is 2.12. The summed E-state index contributed by atoms with van der Waals surface area (Å²) in [5.41, 5.74) is 2.33. The second kappa shape index (κ2) is 4.35. The summed E-state index contributed by atoms with van der Waals surface area (Å²) in [6.45, 7) is 8.53. The molecule has 0 aliphatic rings. The number of hydrogen-bond acceptors (Lipinski definition) is 2. The summed E-state index contributed by atoms with van der Waals surface area (Å²) in [6.07, 6.45) is 0. The van der Waals surface area contributed by atoms with Crippen LogP contribution in [0.2, 0.25) is 0 Å². The number of ether oxygens (including phenoxy) is 1. The van der Waals surface area contributed by atoms with E-state index < -0.39 is 0 Å². The van der Waals surface area contributed by atoms with Gasteiger partial charge in [-0.3, -0.25) is 0 Å². The Morgan fingerprint density at radius 2 is 2.00 bits per heavy atom. The van der Waals surface area contributed by atoms with Gasteiger partial charge in [0.2, 0.25) is 0 Å². The molecular formula is C13H17NO. The van der Waals surface area contributed by atoms with Crippen molar-refractivity contribution < 1.29 is 4.74 Å². The molecule has 15 heavy (non-hydrogen) atoms. The second-order valence-corrected chi connectivity index (χ2v) is 4.70. The van der Waals surface area contributed by atoms with Gasteiger partial charge in [0.05, 0.1) is 0 Å². The van der Waals surface area contributed by atoms with Crippen molar-refractivity contribution in [2.45, 2.75) is 33.1 Å². The van der Waals surface area contributed by atoms with E-state index in [4.69, 9.17) is 10.00 Å². The lowest BCUT2D eigenvalue weighted by atomic mass is 9.86. The molecular weight excluding hydrogens is 186 g/mol. The Hall–Kier alpha value is -1.49. The summed E-state index contributed by atoms with van der Waals surface area (Å²) in [4.78, 5) is 0. The molecule has 0 N–H and O–H groups in total. The van der Waals surface area contributed by atoms with Crippen LogP contribution in [0.1, 0.15) is 31.9 Å². The molecule has 2 heteroatoms. The number of nitrogens with zero attached hydrogens (tertiary/aromatic N) is 1. The fourth-order valence-electron chi connectivity index (χ4n) is 1.48. The SMILES string of the molecule is Cc1ccc(C(C)(C)C)c(OCC#N)c1. The first-order valence-corrected chi connectivity index (χ1v) is 5.06. The minimum absolute atomic E-state index is 0.0402. The summed E-state index contributed by atoms with van der Waals surface area (Å²) in [5, 5.41) is 8.52. The smallest absolute Gasteiger partial charge is 0.174 e. The van der Waals surface area contributed by atoms with Crippen LogP contribution in [-0.4, -0.2) is 6.61 Å². The number of nitriles is 1. The number of rotatable bonds is 2. The summed E-state index contributed by atoms with van der Waals surface area (Å²) in [6, 6.07) is 8.12. The molecule has 0 bridgehead atoms. The van der Waals surface area contributed by atoms with E-state index in [0.717, 1.165) is 16.9 Å². The maximum atomic E-state index is 8.52. The summed E-state index contributed by atoms with van der Waals surface area (Å²) < 4.78 is 5.43. The van der Waals surface area contributed by atoms with E-state index >= 15 is 0 Å². The predicted octanol–water partition coefficient (Wildman–Crippen LogP) is 3.19. The van der Waals surface area contributed by atoms with Crippen molar-refractivity contribution in [1.29, 1.82) is 5.26 Å². The van der Waals surface area contributed by atoms with E-state index in [1.807, 2.05) is 19.1 Å². The van der Waals surface area contributed by atoms with Crippen molar-refractivity contribution in [3.63, 3.8) is 0 Å². The van der Waals surface area contributed by atoms with Crippen LogP contribution >= 0.6 is 0 Å². The third kappa shape index (κ3) is 2.99. The maximum absolute atomic E-state index is 8.52. The Morgan fingerprint density at radius 3 is 2.53 bits per heavy atom. The minimum atomic E-state index is 0.0402. The van der Waals surface area contributed by atoms with Crippen molar-refractivity contribution in [1.82, 2.24) is 0 Å². The quantitative estimate of drug-likeness (QED) is 0.739. The van der Waals surface area contributed by atoms with E-state index in [1.165, 1.54) is 0 Å². The van der Waals surface area contributed by atoms with Gasteiger partial charge in [-0.05, 0) is 29.5 Å². The van der Waals surface area contributed by atoms with Gasteiger partial charge in [-0.1, -0.05) is 32.9 Å². The fourth-order valence-corrected chi connectivity index (χ4v) is 1.48. The van der Waals surface area contributed by atoms with Gasteiger partial charge in [-0.2, -0.15) is 5.26 Å². The molecule has 0 amide bonds. The van der Waals surface area contributed by atoms with Crippen LogP contribution in [0.3, 0.4) is 0 Å². The highest BCUT2D eigenvalue weighted by Gasteiger charge is 2.18. The Kier molecular flexibility index (Phi) is 3.36. The summed E-state index contributed by atoms with van der Waals surface area (Å²) in [7, 11) is 0. The van der Waals surface area contributed by atoms with Crippen molar-refractivity contribution >= 4 is 0 Å². The highest BCUT2D eigenvalue weighted by molar-refractivity contribution is 5.41. The van der Waals surface area contributed by atoms with E-state index in [2.05, 4.69) is 32.9 Å². The maximum Gasteiger partial charge on any atom is 0.174 e. The highest BCUT2D eigenvalue weighted by Crippen LogP contribution is 2.31. The predicted molar refractivity (Wildman–Crippen MR) is 61.0 cm³/mol. The topological polar surface area (TPSA) is 33.0 Å². The lowest BCUT2D eigenvalue weighted by molar-refractivity contribution is 0.355. The van der Waals surface area contributed by atoms with E-state index in [9.17, 15) is 0 Å². The first kappa shape index (κ1) is 11.6. The Labute approximate surface area is 91.5 Å². The molecule has 1 aromatic rings. The Balaban J connectivity index is 3.10. The lowest BCUT2D eigenvalue weighted by Gasteiger charge is -2.22. The summed E-state index contributed by atoms with van der Waals surface area (Å²) >= 11 is 0. The molecule has 0 radical (unpaired) electrons. The molecule has 0 spiro atoms. The number of aryl methyl sites for hydroxylation is 1. The summed E-state index contributed by atoms with van der Waals surface area (Å²) in [5.74, 6) is 0.823. The third-order valence-corrected chi connectivity index (χ3v) is 2.24. The molecule has 0 fully saturated rings. The molecule has 0 unspecified atom stereocenters. The molecule has 0 atom stereocenters. The Bertz CT molecular complexity index is 383. The van der Waals surface area contributed by atoms with Crippen molar-refractivity contribution in [3.05, 3.63) is 29.3 Å². The van der Waals surface area contributed by atoms with Crippen LogP contribution in [0.5, 0.6) is 5.75 Å². The zero-order valence-electron chi connectivity index (χ0n) is 9.79. The van der Waals surface area contributed by atoms with Crippen LogP contribution in [0.25, 0.3) is 0 Å². The second-order valence-electron chi connectivity index (χ2n) is 4.70. The van der Waals surface area contributed by atoms with Crippen molar-refractivity contribution in [3.8, 4) is 11.8 Å². The largest absolute Gasteiger partial charge is 0.478 e. The average molecular weight is 203 g/mol. The van der Waals surface area contributed by atoms with Crippen LogP contribution in [0.15, 0.2) is 18.2 Å². The number of hydrogen-bond donors (Lipinski definition) is 0. The van der Waals surface area contributed by atoms with Gasteiger partial charge in [0.15, 0.2) is 6.61 Å². The standard InChI is InChI=1S/C13H17NO/c1-10-5-6-11(13(2,3)4)12(9-10)15-8-7-14/h5-6,9H,8H2,1-4H3. The van der Waals surface area contributed by atoms with Gasteiger partial charge in [-0.25, -0.2) is 0 Å². The van der Waals surface area contributed by atoms with Gasteiger partial charge in [0.25, 0.3) is 0 Å². The molecule has 80 valence electrons. The molecule has 0 aromatic heterocycles. The molecule has 2 nitrogen and oxygen atoms in total. The van der Waals surface area contributed by atoms with Crippen LogP contribution in [0.4, 0.5) is 0 Å². The first-order chi connectivity index (χ1) is 6.95. The van der Waals surface area contributed by atoms with Gasteiger partial charge in [-0.15, -0.1) is 0 Å². The Morgan fingerprint density at radius 1 is 1.33 bits per heavy atom. The van der Waals surface area contributed by atoms with Crippen LogP contribution < -0.4 is 4.74 Å². The van der Waals surface area contributed by atoms with E-state index in [-0.39, 0.29) is 12.0 Å². The van der Waals surface area contributed by atoms with Crippen LogP contribution in [-0.2, 0) is 5.41 Å². The van der Waals surface area contributed by atoms with Crippen LogP contribution in [0, 0.1) is 18.3 Å². The molecule has 1 aromatic carbocycles. The normalized spacial score (nSPS) is 10.9. The van der Waals surface area contributed by atoms with Crippen molar-refractivity contribution in [2.75, 3.05) is 6.61 Å². The molecule has 0 aliphatic heterocycles. The molecule has 1 rings (SSSR count). The molecule has 0 heterocycles. The molecule has 0 saturated heterocycles. The monoisotopic (exact) mass is 203 g/mol. The van der Waals surface area contributed by atoms with E-state index in [0.29, 0.717) is 0 Å². The zero-order chi connectivity index (χ0) is 11.5. The minimum Gasteiger partial charge on any atom is -0.478 e. The third-order valence-electron chi connectivity index (χ3n) is 2.24. The van der Waals surface area contributed by atoms with Gasteiger partial charge in [0.1, 0.15) is 11.8 Å². The molecule has 0 saturated carbocycles. The van der Waals surface area contributed by atoms with Gasteiger partial charge < -0.3 is 4.74 Å². The lowest BCUT2D eigenvalue weighted by Crippen LogP contribution is -2.13. The molecule has 0 aliphatic carbocycles. The van der Waals surface area contributed by atoms with Gasteiger partial charge in [0, 0.05) is 0 Å². The fraction of sp³-hybridized carbons (Fsp3) is 0.462. The zero-order valence-corrected chi connectivity index (χ0v) is 9.79. The highest BCUT2D eigenvalue weighted by atomic mass is 16.5. The number of benzene rings is 1.